The van der Waals surface area contributed by atoms with Crippen molar-refractivity contribution in [2.75, 3.05) is 19.3 Å². The van der Waals surface area contributed by atoms with Gasteiger partial charge < -0.3 is 10.2 Å². The summed E-state index contributed by atoms with van der Waals surface area (Å²) in [6.07, 6.45) is 3.71. The molecule has 1 aromatic carbocycles. The lowest BCUT2D eigenvalue weighted by molar-refractivity contribution is -0.131. The van der Waals surface area contributed by atoms with Crippen LogP contribution in [0.25, 0.3) is 5.78 Å². The van der Waals surface area contributed by atoms with Crippen molar-refractivity contribution in [3.8, 4) is 0 Å². The van der Waals surface area contributed by atoms with Crippen molar-refractivity contribution >= 4 is 29.4 Å². The molecule has 1 aliphatic heterocycles. The van der Waals surface area contributed by atoms with E-state index in [1.54, 1.807) is 16.6 Å². The molecule has 3 heterocycles. The molecular weight excluding hydrogens is 412 g/mol. The van der Waals surface area contributed by atoms with E-state index in [0.29, 0.717) is 29.6 Å². The first-order valence-corrected chi connectivity index (χ1v) is 11.6. The molecule has 0 atom stereocenters. The number of hydrogen-bond acceptors (Lipinski definition) is 6. The summed E-state index contributed by atoms with van der Waals surface area (Å²) in [5.41, 5.74) is 3.26. The molecule has 1 N–H and O–H groups in total. The van der Waals surface area contributed by atoms with Gasteiger partial charge in [0.25, 0.3) is 11.7 Å². The lowest BCUT2D eigenvalue weighted by Crippen LogP contribution is -2.47. The highest BCUT2D eigenvalue weighted by Crippen LogP contribution is 2.19. The van der Waals surface area contributed by atoms with E-state index in [2.05, 4.69) is 20.4 Å². The van der Waals surface area contributed by atoms with E-state index in [0.717, 1.165) is 29.8 Å². The van der Waals surface area contributed by atoms with Crippen LogP contribution in [0.4, 0.5) is 0 Å². The Kier molecular flexibility index (Phi) is 6.22. The largest absolute Gasteiger partial charge is 0.349 e. The third kappa shape index (κ3) is 4.56. The summed E-state index contributed by atoms with van der Waals surface area (Å²) in [5, 5.41) is 8.20. The quantitative estimate of drug-likeness (QED) is 0.615. The van der Waals surface area contributed by atoms with Gasteiger partial charge in [0.2, 0.25) is 11.1 Å². The summed E-state index contributed by atoms with van der Waals surface area (Å²) in [4.78, 5) is 36.1. The van der Waals surface area contributed by atoms with Crippen LogP contribution in [0, 0.1) is 13.8 Å². The highest BCUT2D eigenvalue weighted by molar-refractivity contribution is 7.98. The Labute approximate surface area is 185 Å². The fourth-order valence-corrected chi connectivity index (χ4v) is 4.26. The van der Waals surface area contributed by atoms with Crippen molar-refractivity contribution in [1.29, 1.82) is 0 Å². The molecule has 9 heteroatoms. The van der Waals surface area contributed by atoms with Gasteiger partial charge in [-0.3, -0.25) is 9.59 Å². The summed E-state index contributed by atoms with van der Waals surface area (Å²) in [6, 6.07) is 9.29. The number of nitrogens with zero attached hydrogens (tertiary/aromatic N) is 5. The molecule has 1 aliphatic rings. The molecule has 3 aromatic rings. The van der Waals surface area contributed by atoms with Crippen molar-refractivity contribution in [3.63, 3.8) is 0 Å². The van der Waals surface area contributed by atoms with Crippen LogP contribution < -0.4 is 5.32 Å². The van der Waals surface area contributed by atoms with E-state index in [1.165, 1.54) is 11.8 Å². The molecule has 0 radical (unpaired) electrons. The fourth-order valence-electron chi connectivity index (χ4n) is 3.93. The predicted octanol–water partition coefficient (Wildman–Crippen LogP) is 2.43. The van der Waals surface area contributed by atoms with Gasteiger partial charge in [-0.15, -0.1) is 5.10 Å². The number of carbonyl (C=O) groups is 2. The van der Waals surface area contributed by atoms with Gasteiger partial charge in [0.05, 0.1) is 6.42 Å². The van der Waals surface area contributed by atoms with E-state index < -0.39 is 0 Å². The Hall–Kier alpha value is -2.94. The first-order chi connectivity index (χ1) is 15.0. The van der Waals surface area contributed by atoms with Crippen LogP contribution in [0.3, 0.4) is 0 Å². The van der Waals surface area contributed by atoms with Gasteiger partial charge in [0.1, 0.15) is 0 Å². The molecule has 2 aromatic heterocycles. The zero-order chi connectivity index (χ0) is 22.0. The van der Waals surface area contributed by atoms with E-state index in [4.69, 9.17) is 0 Å². The summed E-state index contributed by atoms with van der Waals surface area (Å²) in [6.45, 7) is 5.13. The Morgan fingerprint density at radius 2 is 1.84 bits per heavy atom. The maximum Gasteiger partial charge on any atom is 0.253 e. The van der Waals surface area contributed by atoms with Gasteiger partial charge in [0.15, 0.2) is 0 Å². The molecule has 0 aliphatic carbocycles. The summed E-state index contributed by atoms with van der Waals surface area (Å²) >= 11 is 1.47. The van der Waals surface area contributed by atoms with Crippen molar-refractivity contribution in [2.24, 2.45) is 0 Å². The molecule has 0 bridgehead atoms. The van der Waals surface area contributed by atoms with E-state index in [-0.39, 0.29) is 24.3 Å². The number of carbonyl (C=O) groups excluding carboxylic acids is 2. The standard InChI is InChI=1S/C22H26N6O2S/c1-14-18(15(2)28-21(23-14)25-22(26-28)31-3)13-19(29)27-11-9-17(10-12-27)24-20(30)16-7-5-4-6-8-16/h4-8,17H,9-13H2,1-3H3,(H,24,30). The minimum atomic E-state index is -0.0616. The summed E-state index contributed by atoms with van der Waals surface area (Å²) in [5.74, 6) is 0.573. The molecular formula is C22H26N6O2S. The minimum Gasteiger partial charge on any atom is -0.349 e. The lowest BCUT2D eigenvalue weighted by Gasteiger charge is -2.32. The molecule has 2 amide bonds. The number of likely N-dealkylation sites (tertiary alicyclic amines) is 1. The second-order valence-corrected chi connectivity index (χ2v) is 8.52. The second-order valence-electron chi connectivity index (χ2n) is 7.74. The van der Waals surface area contributed by atoms with Gasteiger partial charge in [-0.1, -0.05) is 30.0 Å². The maximum atomic E-state index is 13.0. The van der Waals surface area contributed by atoms with Crippen molar-refractivity contribution in [3.05, 3.63) is 52.8 Å². The number of benzene rings is 1. The number of piperidine rings is 1. The van der Waals surface area contributed by atoms with Crippen LogP contribution in [-0.4, -0.2) is 61.7 Å². The number of fused-ring (bicyclic) bond motifs is 1. The zero-order valence-corrected chi connectivity index (χ0v) is 18.8. The van der Waals surface area contributed by atoms with Crippen molar-refractivity contribution in [2.45, 2.75) is 44.3 Å². The molecule has 8 nitrogen and oxygen atoms in total. The number of nitrogens with one attached hydrogen (secondary N) is 1. The third-order valence-electron chi connectivity index (χ3n) is 5.76. The normalized spacial score (nSPS) is 14.7. The number of aryl methyl sites for hydroxylation is 2. The molecule has 1 saturated heterocycles. The zero-order valence-electron chi connectivity index (χ0n) is 18.0. The van der Waals surface area contributed by atoms with Crippen LogP contribution >= 0.6 is 11.8 Å². The van der Waals surface area contributed by atoms with Gasteiger partial charge in [-0.2, -0.15) is 4.98 Å². The monoisotopic (exact) mass is 438 g/mol. The van der Waals surface area contributed by atoms with Crippen LogP contribution in [0.2, 0.25) is 0 Å². The Morgan fingerprint density at radius 1 is 1.13 bits per heavy atom. The molecule has 162 valence electrons. The maximum absolute atomic E-state index is 13.0. The number of aromatic nitrogens is 4. The first-order valence-electron chi connectivity index (χ1n) is 10.4. The van der Waals surface area contributed by atoms with Crippen LogP contribution in [-0.2, 0) is 11.2 Å². The number of hydrogen-bond donors (Lipinski definition) is 1. The van der Waals surface area contributed by atoms with Gasteiger partial charge in [0, 0.05) is 41.6 Å². The number of amides is 2. The average Bonchev–Trinajstić information content (AvgIpc) is 3.21. The van der Waals surface area contributed by atoms with Gasteiger partial charge in [-0.25, -0.2) is 9.50 Å². The van der Waals surface area contributed by atoms with Crippen LogP contribution in [0.1, 0.15) is 40.2 Å². The van der Waals surface area contributed by atoms with E-state index in [1.807, 2.05) is 43.2 Å². The summed E-state index contributed by atoms with van der Waals surface area (Å²) < 4.78 is 1.72. The molecule has 0 spiro atoms. The fraction of sp³-hybridized carbons (Fsp3) is 0.409. The predicted molar refractivity (Wildman–Crippen MR) is 119 cm³/mol. The van der Waals surface area contributed by atoms with Crippen LogP contribution in [0.5, 0.6) is 0 Å². The molecule has 31 heavy (non-hydrogen) atoms. The average molecular weight is 439 g/mol. The highest BCUT2D eigenvalue weighted by Gasteiger charge is 2.25. The molecule has 0 unspecified atom stereocenters. The minimum absolute atomic E-state index is 0.0616. The highest BCUT2D eigenvalue weighted by atomic mass is 32.2. The lowest BCUT2D eigenvalue weighted by atomic mass is 10.0. The second kappa shape index (κ2) is 9.05. The first kappa shape index (κ1) is 21.3. The molecule has 0 saturated carbocycles. The topological polar surface area (TPSA) is 92.5 Å². The Bertz CT molecular complexity index is 1110. The van der Waals surface area contributed by atoms with Crippen LogP contribution in [0.15, 0.2) is 35.5 Å². The number of rotatable bonds is 5. The van der Waals surface area contributed by atoms with Gasteiger partial charge >= 0.3 is 0 Å². The molecule has 4 rings (SSSR count). The van der Waals surface area contributed by atoms with E-state index in [9.17, 15) is 9.59 Å². The van der Waals surface area contributed by atoms with Gasteiger partial charge in [-0.05, 0) is 45.1 Å². The number of thioether (sulfide) groups is 1. The Morgan fingerprint density at radius 3 is 2.52 bits per heavy atom. The van der Waals surface area contributed by atoms with E-state index >= 15 is 0 Å². The summed E-state index contributed by atoms with van der Waals surface area (Å²) in [7, 11) is 0. The Balaban J connectivity index is 1.38. The third-order valence-corrected chi connectivity index (χ3v) is 6.30. The van der Waals surface area contributed by atoms with Crippen molar-refractivity contribution in [1.82, 2.24) is 29.8 Å². The molecule has 1 fully saturated rings. The smallest absolute Gasteiger partial charge is 0.253 e. The van der Waals surface area contributed by atoms with Crippen molar-refractivity contribution < 1.29 is 9.59 Å². The SMILES string of the molecule is CSc1nc2nc(C)c(CC(=O)N3CCC(NC(=O)c4ccccc4)CC3)c(C)n2n1.